The third-order valence-corrected chi connectivity index (χ3v) is 9.63. The highest BCUT2D eigenvalue weighted by molar-refractivity contribution is 7.87. The summed E-state index contributed by atoms with van der Waals surface area (Å²) >= 11 is 0. The predicted molar refractivity (Wildman–Crippen MR) is 176 cm³/mol. The Kier molecular flexibility index (Phi) is 30.4. The Morgan fingerprint density at radius 2 is 0.610 bits per heavy atom. The second kappa shape index (κ2) is 29.0. The summed E-state index contributed by atoms with van der Waals surface area (Å²) in [6.45, 7) is 18.3. The van der Waals surface area contributed by atoms with Gasteiger partial charge in [-0.3, -0.25) is 0 Å². The summed E-state index contributed by atoms with van der Waals surface area (Å²) in [6.07, 6.45) is 9.51. The molecule has 360 valence electrons. The second-order valence-corrected chi connectivity index (χ2v) is 17.8. The first-order valence-electron chi connectivity index (χ1n) is 17.3. The first kappa shape index (κ1) is 61.9. The molecule has 59 heavy (non-hydrogen) atoms. The fraction of sp³-hybridized carbons (Fsp3) is 1.00. The lowest BCUT2D eigenvalue weighted by Gasteiger charge is -2.23. The quantitative estimate of drug-likeness (QED) is 0.0891. The van der Waals surface area contributed by atoms with Gasteiger partial charge in [0, 0.05) is 71.1 Å². The van der Waals surface area contributed by atoms with E-state index in [1.807, 2.05) is 9.80 Å². The Bertz CT molecular complexity index is 1330. The maximum Gasteiger partial charge on any atom is 0.485 e. The molecule has 2 aliphatic rings. The van der Waals surface area contributed by atoms with Gasteiger partial charge in [0.2, 0.25) is 0 Å². The number of halogens is 12. The summed E-state index contributed by atoms with van der Waals surface area (Å²) in [7, 11) is -24.4. The normalized spacial score (nSPS) is 20.8. The molecule has 18 nitrogen and oxygen atoms in total. The lowest BCUT2D eigenvalue weighted by molar-refractivity contribution is -0.921. The molecule has 2 rings (SSSR count). The smallest absolute Gasteiger partial charge is 0.485 e. The van der Waals surface area contributed by atoms with Gasteiger partial charge in [-0.05, 0) is 0 Å². The lowest BCUT2D eigenvalue weighted by atomic mass is 10.2. The van der Waals surface area contributed by atoms with Gasteiger partial charge in [-0.25, -0.2) is 33.7 Å². The largest absolute Gasteiger partial charge is 0.741 e. The molecule has 0 aromatic heterocycles. The minimum absolute atomic E-state index is 1.20. The molecule has 2 unspecified atom stereocenters. The van der Waals surface area contributed by atoms with Gasteiger partial charge < -0.3 is 49.3 Å². The predicted octanol–water partition coefficient (Wildman–Crippen LogP) is -3.97. The van der Waals surface area contributed by atoms with E-state index in [0.29, 0.717) is 0 Å². The SMILES string of the molecule is C1CNCCC[NH+](CCC[NH+]2CCCNCCC[NH2+]CCC2)CCC[NH2+]C1.O=S(=O)([O-])C(F)(F)F.O=S(=O)([O-])C(F)(F)F.O=S(=O)([O-])C(F)(F)F.O=S(=O)([O-])C(F)(F)F. The zero-order valence-electron chi connectivity index (χ0n) is 31.1. The molecule has 0 radical (unpaired) electrons. The highest BCUT2D eigenvalue weighted by Gasteiger charge is 2.38. The van der Waals surface area contributed by atoms with Gasteiger partial charge in [0.15, 0.2) is 40.5 Å². The Morgan fingerprint density at radius 3 is 0.847 bits per heavy atom. The molecule has 0 amide bonds. The molecule has 34 heteroatoms. The Morgan fingerprint density at radius 1 is 0.407 bits per heavy atom. The van der Waals surface area contributed by atoms with Crippen molar-refractivity contribution >= 4 is 40.5 Å². The molecular weight excluding hydrogens is 933 g/mol. The minimum atomic E-state index is -6.09. The van der Waals surface area contributed by atoms with Gasteiger partial charge >= 0.3 is 22.0 Å². The van der Waals surface area contributed by atoms with Crippen LogP contribution in [0.15, 0.2) is 0 Å². The Labute approximate surface area is 334 Å². The van der Waals surface area contributed by atoms with Crippen molar-refractivity contribution in [1.29, 1.82) is 0 Å². The van der Waals surface area contributed by atoms with E-state index in [1.54, 1.807) is 0 Å². The van der Waals surface area contributed by atoms with E-state index in [0.717, 1.165) is 0 Å². The van der Waals surface area contributed by atoms with Crippen LogP contribution < -0.4 is 31.1 Å². The third-order valence-electron chi connectivity index (χ3n) is 7.36. The molecule has 8 N–H and O–H groups in total. The van der Waals surface area contributed by atoms with Crippen LogP contribution in [0.3, 0.4) is 0 Å². The number of alkyl halides is 12. The van der Waals surface area contributed by atoms with E-state index >= 15 is 0 Å². The van der Waals surface area contributed by atoms with Crippen LogP contribution in [0.25, 0.3) is 0 Å². The van der Waals surface area contributed by atoms with Crippen LogP contribution in [0.1, 0.15) is 44.9 Å². The fourth-order valence-electron chi connectivity index (χ4n) is 4.54. The van der Waals surface area contributed by atoms with Gasteiger partial charge in [0.05, 0.1) is 65.4 Å². The van der Waals surface area contributed by atoms with Crippen molar-refractivity contribution in [3.63, 3.8) is 0 Å². The molecule has 2 saturated heterocycles. The molecule has 0 aromatic rings. The highest BCUT2D eigenvalue weighted by Crippen LogP contribution is 2.22. The van der Waals surface area contributed by atoms with E-state index in [-0.39, 0.29) is 0 Å². The second-order valence-electron chi connectivity index (χ2n) is 12.3. The minimum Gasteiger partial charge on any atom is -0.741 e. The molecule has 0 spiro atoms. The van der Waals surface area contributed by atoms with Crippen molar-refractivity contribution < 1.29 is 125 Å². The van der Waals surface area contributed by atoms with Crippen molar-refractivity contribution in [2.75, 3.05) is 91.6 Å². The summed E-state index contributed by atoms with van der Waals surface area (Å²) in [5, 5.41) is 12.3. The van der Waals surface area contributed by atoms with E-state index < -0.39 is 62.5 Å². The van der Waals surface area contributed by atoms with Crippen LogP contribution in [-0.4, -0.2) is 166 Å². The van der Waals surface area contributed by atoms with Gasteiger partial charge in [0.1, 0.15) is 0 Å². The lowest BCUT2D eigenvalue weighted by Crippen LogP contribution is -3.15. The molecule has 0 saturated carbocycles. The van der Waals surface area contributed by atoms with Gasteiger partial charge in [-0.1, -0.05) is 0 Å². The fourth-order valence-corrected chi connectivity index (χ4v) is 4.54. The highest BCUT2D eigenvalue weighted by atomic mass is 32.2. The topological polar surface area (TPSA) is 295 Å². The molecule has 2 heterocycles. The van der Waals surface area contributed by atoms with Crippen LogP contribution in [0, 0.1) is 0 Å². The van der Waals surface area contributed by atoms with E-state index in [2.05, 4.69) is 21.3 Å². The summed E-state index contributed by atoms with van der Waals surface area (Å²) in [5.41, 5.74) is -22.6. The van der Waals surface area contributed by atoms with Crippen LogP contribution in [-0.2, 0) is 40.5 Å². The first-order valence-corrected chi connectivity index (χ1v) is 22.9. The van der Waals surface area contributed by atoms with Crippen LogP contribution in [0.4, 0.5) is 52.7 Å². The number of hydrogen-bond donors (Lipinski definition) is 6. The number of quaternary nitrogens is 4. The number of hydrogen-bond acceptors (Lipinski definition) is 14. The molecule has 0 bridgehead atoms. The maximum absolute atomic E-state index is 10.7. The van der Waals surface area contributed by atoms with E-state index in [4.69, 9.17) is 51.9 Å². The zero-order chi connectivity index (χ0) is 46.8. The zero-order valence-corrected chi connectivity index (χ0v) is 34.3. The average Bonchev–Trinajstić information content (AvgIpc) is 3.01. The standard InChI is InChI=1S/C21H46N6.4CHF3O3S/c1-8-22-12-3-16-26(17-4-13-23-9-1)20-7-21-27-18-5-14-24-10-2-11-25-15-6-19-27;4*2-1(3,4)8(5,6)7/h22-25H,1-21H2;4*(H,5,6,7). The molecule has 0 aliphatic carbocycles. The van der Waals surface area contributed by atoms with Crippen LogP contribution in [0.2, 0.25) is 0 Å². The molecular formula is C25H50F12N6O12S4. The van der Waals surface area contributed by atoms with Crippen molar-refractivity contribution in [3.8, 4) is 0 Å². The van der Waals surface area contributed by atoms with Gasteiger partial charge in [0.25, 0.3) is 0 Å². The van der Waals surface area contributed by atoms with E-state index in [1.165, 1.54) is 137 Å². The Balaban J connectivity index is -0.000000797. The summed E-state index contributed by atoms with van der Waals surface area (Å²) in [5.74, 6) is 0. The summed E-state index contributed by atoms with van der Waals surface area (Å²) in [4.78, 5) is 3.71. The van der Waals surface area contributed by atoms with Crippen molar-refractivity contribution in [2.24, 2.45) is 0 Å². The maximum atomic E-state index is 10.7. The monoisotopic (exact) mass is 982 g/mol. The van der Waals surface area contributed by atoms with Crippen molar-refractivity contribution in [3.05, 3.63) is 0 Å². The molecule has 2 atom stereocenters. The summed E-state index contributed by atoms with van der Waals surface area (Å²) in [6, 6.07) is 0. The average molecular weight is 983 g/mol. The third kappa shape index (κ3) is 35.8. The summed E-state index contributed by atoms with van der Waals surface area (Å²) < 4.78 is 236. The van der Waals surface area contributed by atoms with Crippen molar-refractivity contribution in [1.82, 2.24) is 10.6 Å². The first-order chi connectivity index (χ1) is 26.4. The van der Waals surface area contributed by atoms with Crippen LogP contribution in [0.5, 0.6) is 0 Å². The molecule has 2 aliphatic heterocycles. The van der Waals surface area contributed by atoms with Crippen molar-refractivity contribution in [2.45, 2.75) is 67.0 Å². The number of nitrogens with two attached hydrogens (primary N) is 2. The van der Waals surface area contributed by atoms with Gasteiger partial charge in [-0.15, -0.1) is 0 Å². The number of rotatable bonds is 4. The van der Waals surface area contributed by atoms with Gasteiger partial charge in [-0.2, -0.15) is 52.7 Å². The number of nitrogens with one attached hydrogen (secondary N) is 4. The molecule has 0 aromatic carbocycles. The molecule has 2 fully saturated rings. The Hall–Kier alpha value is -1.44. The van der Waals surface area contributed by atoms with Crippen LogP contribution >= 0.6 is 0 Å². The van der Waals surface area contributed by atoms with E-state index in [9.17, 15) is 52.7 Å².